The summed E-state index contributed by atoms with van der Waals surface area (Å²) >= 11 is 0. The fraction of sp³-hybridized carbons (Fsp3) is 0.455. The summed E-state index contributed by atoms with van der Waals surface area (Å²) in [5.41, 5.74) is -1.52. The summed E-state index contributed by atoms with van der Waals surface area (Å²) in [6.07, 6.45) is -2.75. The van der Waals surface area contributed by atoms with Gasteiger partial charge in [-0.2, -0.15) is 13.2 Å². The number of carboxylic acids is 1. The number of aliphatic carboxylic acids is 1. The zero-order valence-electron chi connectivity index (χ0n) is 9.70. The van der Waals surface area contributed by atoms with Crippen molar-refractivity contribution in [3.8, 4) is 0 Å². The number of halogens is 3. The van der Waals surface area contributed by atoms with Gasteiger partial charge >= 0.3 is 12.1 Å². The number of nitrogens with zero attached hydrogens (tertiary/aromatic N) is 1. The van der Waals surface area contributed by atoms with Gasteiger partial charge < -0.3 is 15.0 Å². The van der Waals surface area contributed by atoms with Gasteiger partial charge in [0, 0.05) is 6.20 Å². The monoisotopic (exact) mass is 276 g/mol. The minimum atomic E-state index is -4.45. The molecule has 0 bridgehead atoms. The highest BCUT2D eigenvalue weighted by molar-refractivity contribution is 5.97. The standard InChI is InChI=1S/C11H11F3N2O3/c12-11(13,14)6-16-5-1-2-7(16)8(17)15-10(3-4-10)9(18)19/h1-2,5H,3-4,6H2,(H,15,17)(H,18,19). The SMILES string of the molecule is O=C(NC1(C(=O)O)CC1)c1cccn1CC(F)(F)F. The molecule has 1 fully saturated rings. The van der Waals surface area contributed by atoms with Gasteiger partial charge in [-0.05, 0) is 25.0 Å². The fourth-order valence-corrected chi connectivity index (χ4v) is 1.75. The molecule has 0 aromatic carbocycles. The molecule has 0 aliphatic heterocycles. The van der Waals surface area contributed by atoms with Crippen molar-refractivity contribution in [3.63, 3.8) is 0 Å². The normalized spacial score (nSPS) is 17.0. The Morgan fingerprint density at radius 1 is 1.42 bits per heavy atom. The summed E-state index contributed by atoms with van der Waals surface area (Å²) in [5.74, 6) is -1.98. The zero-order valence-corrected chi connectivity index (χ0v) is 9.70. The minimum Gasteiger partial charge on any atom is -0.480 e. The molecule has 1 aromatic heterocycles. The summed E-state index contributed by atoms with van der Waals surface area (Å²) in [6, 6.07) is 2.53. The van der Waals surface area contributed by atoms with Gasteiger partial charge in [0.25, 0.3) is 5.91 Å². The molecule has 0 spiro atoms. The van der Waals surface area contributed by atoms with Crippen LogP contribution in [0.25, 0.3) is 0 Å². The van der Waals surface area contributed by atoms with Crippen LogP contribution in [0.1, 0.15) is 23.3 Å². The van der Waals surface area contributed by atoms with E-state index >= 15 is 0 Å². The average Bonchev–Trinajstić information content (AvgIpc) is 2.89. The molecule has 1 amide bonds. The second-order valence-corrected chi connectivity index (χ2v) is 4.48. The quantitative estimate of drug-likeness (QED) is 0.873. The van der Waals surface area contributed by atoms with Crippen LogP contribution in [-0.4, -0.2) is 33.3 Å². The van der Waals surface area contributed by atoms with E-state index in [9.17, 15) is 22.8 Å². The first-order valence-corrected chi connectivity index (χ1v) is 5.51. The predicted molar refractivity (Wildman–Crippen MR) is 57.6 cm³/mol. The maximum atomic E-state index is 12.3. The lowest BCUT2D eigenvalue weighted by Crippen LogP contribution is -2.43. The molecule has 2 N–H and O–H groups in total. The van der Waals surface area contributed by atoms with E-state index in [0.717, 1.165) is 10.8 Å². The van der Waals surface area contributed by atoms with Crippen LogP contribution in [0.15, 0.2) is 18.3 Å². The lowest BCUT2D eigenvalue weighted by atomic mass is 10.2. The number of carboxylic acid groups (broad SMARTS) is 1. The number of alkyl halides is 3. The molecule has 1 saturated carbocycles. The van der Waals surface area contributed by atoms with Crippen molar-refractivity contribution in [2.45, 2.75) is 31.1 Å². The molecule has 0 saturated heterocycles. The molecule has 104 valence electrons. The smallest absolute Gasteiger partial charge is 0.406 e. The lowest BCUT2D eigenvalue weighted by Gasteiger charge is -2.15. The Hall–Kier alpha value is -1.99. The van der Waals surface area contributed by atoms with Gasteiger partial charge in [0.1, 0.15) is 17.8 Å². The summed E-state index contributed by atoms with van der Waals surface area (Å²) in [6.45, 7) is -1.29. The minimum absolute atomic E-state index is 0.204. The summed E-state index contributed by atoms with van der Waals surface area (Å²) in [4.78, 5) is 22.7. The number of hydrogen-bond donors (Lipinski definition) is 2. The number of amides is 1. The van der Waals surface area contributed by atoms with E-state index in [-0.39, 0.29) is 18.5 Å². The van der Waals surface area contributed by atoms with Crippen molar-refractivity contribution < 1.29 is 27.9 Å². The first-order valence-electron chi connectivity index (χ1n) is 5.51. The van der Waals surface area contributed by atoms with Crippen molar-refractivity contribution in [1.29, 1.82) is 0 Å². The Balaban J connectivity index is 2.12. The highest BCUT2D eigenvalue weighted by Crippen LogP contribution is 2.35. The van der Waals surface area contributed by atoms with Gasteiger partial charge in [0.05, 0.1) is 0 Å². The number of aromatic nitrogens is 1. The first kappa shape index (κ1) is 13.4. The third kappa shape index (κ3) is 2.88. The number of carbonyl (C=O) groups excluding carboxylic acids is 1. The summed E-state index contributed by atoms with van der Waals surface area (Å²) in [7, 11) is 0. The molecule has 1 aliphatic rings. The number of rotatable bonds is 4. The van der Waals surface area contributed by atoms with Crippen molar-refractivity contribution in [2.75, 3.05) is 0 Å². The van der Waals surface area contributed by atoms with Gasteiger partial charge in [-0.25, -0.2) is 4.79 Å². The first-order chi connectivity index (χ1) is 8.73. The van der Waals surface area contributed by atoms with E-state index in [2.05, 4.69) is 5.32 Å². The van der Waals surface area contributed by atoms with E-state index in [1.807, 2.05) is 0 Å². The van der Waals surface area contributed by atoms with Gasteiger partial charge in [-0.1, -0.05) is 0 Å². The van der Waals surface area contributed by atoms with Crippen LogP contribution < -0.4 is 5.32 Å². The number of hydrogen-bond acceptors (Lipinski definition) is 2. The van der Waals surface area contributed by atoms with E-state index in [1.165, 1.54) is 12.1 Å². The lowest BCUT2D eigenvalue weighted by molar-refractivity contribution is -0.141. The fourth-order valence-electron chi connectivity index (χ4n) is 1.75. The molecule has 5 nitrogen and oxygen atoms in total. The Labute approximate surface area is 106 Å². The van der Waals surface area contributed by atoms with Gasteiger partial charge in [0.15, 0.2) is 0 Å². The molecule has 0 atom stereocenters. The molecular formula is C11H11F3N2O3. The van der Waals surface area contributed by atoms with E-state index in [4.69, 9.17) is 5.11 Å². The molecule has 19 heavy (non-hydrogen) atoms. The third-order valence-electron chi connectivity index (χ3n) is 2.92. The van der Waals surface area contributed by atoms with E-state index < -0.39 is 30.1 Å². The second-order valence-electron chi connectivity index (χ2n) is 4.48. The molecule has 8 heteroatoms. The van der Waals surface area contributed by atoms with Crippen molar-refractivity contribution in [3.05, 3.63) is 24.0 Å². The molecule has 0 radical (unpaired) electrons. The maximum absolute atomic E-state index is 12.3. The molecule has 1 heterocycles. The Morgan fingerprint density at radius 2 is 2.05 bits per heavy atom. The van der Waals surface area contributed by atoms with E-state index in [0.29, 0.717) is 0 Å². The van der Waals surface area contributed by atoms with E-state index in [1.54, 1.807) is 0 Å². The van der Waals surface area contributed by atoms with Gasteiger partial charge in [0.2, 0.25) is 0 Å². The van der Waals surface area contributed by atoms with Crippen molar-refractivity contribution in [2.24, 2.45) is 0 Å². The molecular weight excluding hydrogens is 265 g/mol. The van der Waals surface area contributed by atoms with Crippen LogP contribution in [0.3, 0.4) is 0 Å². The van der Waals surface area contributed by atoms with Crippen LogP contribution in [-0.2, 0) is 11.3 Å². The number of nitrogens with one attached hydrogen (secondary N) is 1. The van der Waals surface area contributed by atoms with Crippen LogP contribution in [0.5, 0.6) is 0 Å². The van der Waals surface area contributed by atoms with Gasteiger partial charge in [-0.15, -0.1) is 0 Å². The molecule has 0 unspecified atom stereocenters. The van der Waals surface area contributed by atoms with Crippen LogP contribution in [0, 0.1) is 0 Å². The van der Waals surface area contributed by atoms with Crippen LogP contribution in [0.2, 0.25) is 0 Å². The average molecular weight is 276 g/mol. The molecule has 1 aliphatic carbocycles. The van der Waals surface area contributed by atoms with Crippen molar-refractivity contribution >= 4 is 11.9 Å². The molecule has 1 aromatic rings. The summed E-state index contributed by atoms with van der Waals surface area (Å²) in [5, 5.41) is 11.2. The van der Waals surface area contributed by atoms with Crippen LogP contribution in [0.4, 0.5) is 13.2 Å². The number of carbonyl (C=O) groups is 2. The highest BCUT2D eigenvalue weighted by Gasteiger charge is 2.52. The maximum Gasteiger partial charge on any atom is 0.406 e. The van der Waals surface area contributed by atoms with Gasteiger partial charge in [-0.3, -0.25) is 4.79 Å². The van der Waals surface area contributed by atoms with Crippen molar-refractivity contribution in [1.82, 2.24) is 9.88 Å². The molecule has 2 rings (SSSR count). The Kier molecular flexibility index (Phi) is 3.03. The third-order valence-corrected chi connectivity index (χ3v) is 2.92. The predicted octanol–water partition coefficient (Wildman–Crippen LogP) is 1.40. The Morgan fingerprint density at radius 3 is 2.53 bits per heavy atom. The largest absolute Gasteiger partial charge is 0.480 e. The summed E-state index contributed by atoms with van der Waals surface area (Å²) < 4.78 is 37.6. The zero-order chi connectivity index (χ0) is 14.3. The Bertz CT molecular complexity index is 518. The second kappa shape index (κ2) is 4.29. The van der Waals surface area contributed by atoms with Crippen LogP contribution >= 0.6 is 0 Å². The topological polar surface area (TPSA) is 71.3 Å². The highest BCUT2D eigenvalue weighted by atomic mass is 19.4.